The van der Waals surface area contributed by atoms with E-state index in [1.807, 2.05) is 0 Å². The van der Waals surface area contributed by atoms with Crippen LogP contribution in [0.25, 0.3) is 0 Å². The summed E-state index contributed by atoms with van der Waals surface area (Å²) in [7, 11) is -2.08. The lowest BCUT2D eigenvalue weighted by Gasteiger charge is -2.09. The van der Waals surface area contributed by atoms with Gasteiger partial charge in [0.15, 0.2) is 0 Å². The second-order valence-corrected chi connectivity index (χ2v) is 8.21. The van der Waals surface area contributed by atoms with E-state index in [1.165, 1.54) is 70.3 Å². The highest BCUT2D eigenvalue weighted by Gasteiger charge is 2.15. The highest BCUT2D eigenvalue weighted by molar-refractivity contribution is 7.89. The monoisotopic (exact) mass is 369 g/mol. The summed E-state index contributed by atoms with van der Waals surface area (Å²) in [4.78, 5) is 0.116. The number of nitrogens with one attached hydrogen (secondary N) is 2. The van der Waals surface area contributed by atoms with Gasteiger partial charge in [-0.3, -0.25) is 5.73 Å². The topological polar surface area (TPSA) is 79.2 Å². The van der Waals surface area contributed by atoms with Crippen molar-refractivity contribution in [2.24, 2.45) is 0 Å². The quantitative estimate of drug-likeness (QED) is 0.478. The molecule has 0 bridgehead atoms. The smallest absolute Gasteiger partial charge is 0.240 e. The Hall–Kier alpha value is -1.27. The first-order valence-corrected chi connectivity index (χ1v) is 10.9. The summed E-state index contributed by atoms with van der Waals surface area (Å²) < 4.78 is 32.0. The molecule has 0 aromatic heterocycles. The molecule has 1 aromatic rings. The molecule has 25 heavy (non-hydrogen) atoms. The van der Waals surface area contributed by atoms with Gasteiger partial charge in [0.25, 0.3) is 0 Å². The number of hydrogen-bond acceptors (Lipinski definition) is 3. The molecule has 0 saturated heterocycles. The highest BCUT2D eigenvalue weighted by Crippen LogP contribution is 2.25. The van der Waals surface area contributed by atoms with E-state index in [9.17, 15) is 8.42 Å². The minimum atomic E-state index is -3.54. The van der Waals surface area contributed by atoms with Gasteiger partial charge in [-0.1, -0.05) is 64.7 Å². The average Bonchev–Trinajstić information content (AvgIpc) is 2.59. The van der Waals surface area contributed by atoms with Gasteiger partial charge in [0, 0.05) is 6.54 Å². The third-order valence-electron chi connectivity index (χ3n) is 4.30. The summed E-state index contributed by atoms with van der Waals surface area (Å²) in [5.41, 5.74) is 7.81. The van der Waals surface area contributed by atoms with Crippen molar-refractivity contribution in [3.63, 3.8) is 0 Å². The Labute approximate surface area is 153 Å². The molecule has 0 saturated carbocycles. The predicted molar refractivity (Wildman–Crippen MR) is 103 cm³/mol. The summed E-state index contributed by atoms with van der Waals surface area (Å²) in [6.45, 7) is 2.67. The van der Waals surface area contributed by atoms with Crippen LogP contribution in [-0.4, -0.2) is 22.1 Å². The van der Waals surface area contributed by atoms with Crippen LogP contribution < -0.4 is 15.2 Å². The van der Waals surface area contributed by atoms with Crippen molar-refractivity contribution in [3.05, 3.63) is 18.2 Å². The van der Waals surface area contributed by atoms with Crippen molar-refractivity contribution in [1.29, 1.82) is 0 Å². The average molecular weight is 370 g/mol. The van der Waals surface area contributed by atoms with Gasteiger partial charge < -0.3 is 4.74 Å². The second-order valence-electron chi connectivity index (χ2n) is 6.44. The van der Waals surface area contributed by atoms with Crippen molar-refractivity contribution in [3.8, 4) is 5.75 Å². The number of rotatable bonds is 14. The molecule has 0 amide bonds. The molecule has 2 N–H and O–H groups in total. The number of methoxy groups -OCH3 is 1. The normalized spacial score (nSPS) is 11.6. The van der Waals surface area contributed by atoms with Gasteiger partial charge >= 0.3 is 0 Å². The van der Waals surface area contributed by atoms with Crippen molar-refractivity contribution in [1.82, 2.24) is 10.5 Å². The maximum absolute atomic E-state index is 12.2. The number of sulfonamides is 1. The molecule has 6 heteroatoms. The second kappa shape index (κ2) is 12.1. The minimum absolute atomic E-state index is 0.0734. The Kier molecular flexibility index (Phi) is 10.6. The van der Waals surface area contributed by atoms with Gasteiger partial charge in [0.2, 0.25) is 10.0 Å². The van der Waals surface area contributed by atoms with E-state index in [0.717, 1.165) is 19.3 Å². The summed E-state index contributed by atoms with van der Waals surface area (Å²) in [5, 5.41) is 0. The molecule has 1 radical (unpaired) electrons. The standard InChI is InChI=1S/C19H33N2O3S/c1-3-4-5-6-7-8-9-10-11-12-15-21-25(22,23)17-13-14-19(24-2)18(20)16-17/h13-14,16,20-21H,3-12,15H2,1-2H3. The van der Waals surface area contributed by atoms with Crippen LogP contribution in [0.3, 0.4) is 0 Å². The molecular weight excluding hydrogens is 336 g/mol. The van der Waals surface area contributed by atoms with Crippen LogP contribution in [0.2, 0.25) is 0 Å². The zero-order valence-electron chi connectivity index (χ0n) is 15.6. The number of hydrogen-bond donors (Lipinski definition) is 1. The van der Waals surface area contributed by atoms with Crippen LogP contribution in [0.15, 0.2) is 23.1 Å². The fourth-order valence-electron chi connectivity index (χ4n) is 2.76. The van der Waals surface area contributed by atoms with Crippen molar-refractivity contribution >= 4 is 15.7 Å². The lowest BCUT2D eigenvalue weighted by molar-refractivity contribution is 0.415. The fourth-order valence-corrected chi connectivity index (χ4v) is 3.86. The first-order chi connectivity index (χ1) is 12.0. The highest BCUT2D eigenvalue weighted by atomic mass is 32.2. The molecule has 0 aliphatic rings. The number of benzene rings is 1. The summed E-state index contributed by atoms with van der Waals surface area (Å²) in [5.74, 6) is 0.369. The van der Waals surface area contributed by atoms with E-state index in [4.69, 9.17) is 10.5 Å². The number of ether oxygens (including phenoxy) is 1. The SMILES string of the molecule is CCCCCCCCCCCCNS(=O)(=O)c1ccc(OC)c([NH])c1. The van der Waals surface area contributed by atoms with Crippen LogP contribution in [0.1, 0.15) is 71.1 Å². The fraction of sp³-hybridized carbons (Fsp3) is 0.684. The molecule has 1 aromatic carbocycles. The molecule has 5 nitrogen and oxygen atoms in total. The third kappa shape index (κ3) is 8.59. The zero-order chi connectivity index (χ0) is 18.5. The molecule has 0 spiro atoms. The van der Waals surface area contributed by atoms with Crippen molar-refractivity contribution in [2.45, 2.75) is 76.0 Å². The van der Waals surface area contributed by atoms with Gasteiger partial charge in [-0.2, -0.15) is 0 Å². The Morgan fingerprint density at radius 2 is 1.52 bits per heavy atom. The van der Waals surface area contributed by atoms with Crippen molar-refractivity contribution in [2.75, 3.05) is 13.7 Å². The molecule has 0 fully saturated rings. The molecule has 1 rings (SSSR count). The maximum Gasteiger partial charge on any atom is 0.240 e. The molecule has 0 aliphatic heterocycles. The first kappa shape index (κ1) is 21.8. The Balaban J connectivity index is 2.17. The van der Waals surface area contributed by atoms with Gasteiger partial charge in [-0.05, 0) is 24.6 Å². The van der Waals surface area contributed by atoms with E-state index in [2.05, 4.69) is 11.6 Å². The van der Waals surface area contributed by atoms with E-state index in [-0.39, 0.29) is 10.6 Å². The van der Waals surface area contributed by atoms with Crippen LogP contribution in [0.5, 0.6) is 5.75 Å². The van der Waals surface area contributed by atoms with Gasteiger partial charge in [0.05, 0.1) is 17.7 Å². The summed E-state index contributed by atoms with van der Waals surface area (Å²) in [6.07, 6.45) is 12.2. The maximum atomic E-state index is 12.2. The van der Waals surface area contributed by atoms with Gasteiger partial charge in [-0.25, -0.2) is 13.1 Å². The van der Waals surface area contributed by atoms with E-state index < -0.39 is 10.0 Å². The zero-order valence-corrected chi connectivity index (χ0v) is 16.5. The molecule has 0 aliphatic carbocycles. The Morgan fingerprint density at radius 3 is 2.04 bits per heavy atom. The van der Waals surface area contributed by atoms with Crippen LogP contribution in [-0.2, 0) is 10.0 Å². The molecule has 143 valence electrons. The Morgan fingerprint density at radius 1 is 0.960 bits per heavy atom. The van der Waals surface area contributed by atoms with Crippen LogP contribution >= 0.6 is 0 Å². The molecular formula is C19H33N2O3S. The van der Waals surface area contributed by atoms with E-state index in [0.29, 0.717) is 12.3 Å². The third-order valence-corrected chi connectivity index (χ3v) is 5.76. The first-order valence-electron chi connectivity index (χ1n) is 9.40. The van der Waals surface area contributed by atoms with Crippen LogP contribution in [0.4, 0.5) is 5.69 Å². The number of unbranched alkanes of at least 4 members (excludes halogenated alkanes) is 9. The predicted octanol–water partition coefficient (Wildman–Crippen LogP) is 4.81. The van der Waals surface area contributed by atoms with E-state index in [1.54, 1.807) is 0 Å². The minimum Gasteiger partial charge on any atom is -0.495 e. The summed E-state index contributed by atoms with van der Waals surface area (Å²) in [6, 6.07) is 4.30. The van der Waals surface area contributed by atoms with E-state index >= 15 is 0 Å². The summed E-state index contributed by atoms with van der Waals surface area (Å²) >= 11 is 0. The molecule has 0 heterocycles. The van der Waals surface area contributed by atoms with Crippen molar-refractivity contribution < 1.29 is 13.2 Å². The van der Waals surface area contributed by atoms with Gasteiger partial charge in [0.1, 0.15) is 5.75 Å². The molecule has 0 unspecified atom stereocenters. The van der Waals surface area contributed by atoms with Crippen LogP contribution in [0, 0.1) is 0 Å². The largest absolute Gasteiger partial charge is 0.495 e. The van der Waals surface area contributed by atoms with Gasteiger partial charge in [-0.15, -0.1) is 0 Å². The molecule has 0 atom stereocenters. The lowest BCUT2D eigenvalue weighted by Crippen LogP contribution is -2.24. The lowest BCUT2D eigenvalue weighted by atomic mass is 10.1. The Bertz CT molecular complexity index is 588.